The molecule has 0 spiro atoms. The second-order valence-electron chi connectivity index (χ2n) is 5.54. The molecule has 0 radical (unpaired) electrons. The Labute approximate surface area is 120 Å². The molecule has 0 bridgehead atoms. The van der Waals surface area contributed by atoms with Crippen molar-refractivity contribution in [2.24, 2.45) is 5.92 Å². The number of hydrogen-bond donors (Lipinski definition) is 3. The molecule has 4 N–H and O–H groups in total. The molecule has 0 heterocycles. The summed E-state index contributed by atoms with van der Waals surface area (Å²) in [7, 11) is -3.60. The van der Waals surface area contributed by atoms with Gasteiger partial charge in [0.2, 0.25) is 10.0 Å². The van der Waals surface area contributed by atoms with Gasteiger partial charge in [-0.1, -0.05) is 12.5 Å². The average Bonchev–Trinajstić information content (AvgIpc) is 2.77. The predicted molar refractivity (Wildman–Crippen MR) is 78.9 cm³/mol. The molecule has 2 atom stereocenters. The molecular weight excluding hydrogens is 276 g/mol. The van der Waals surface area contributed by atoms with Gasteiger partial charge in [0.15, 0.2) is 0 Å². The quantitative estimate of drug-likeness (QED) is 0.731. The smallest absolute Gasteiger partial charge is 0.241 e. The second kappa shape index (κ2) is 5.71. The molecule has 0 aliphatic heterocycles. The van der Waals surface area contributed by atoms with Crippen LogP contribution in [0.15, 0.2) is 17.0 Å². The first-order chi connectivity index (χ1) is 9.33. The lowest BCUT2D eigenvalue weighted by atomic mass is 10.1. The van der Waals surface area contributed by atoms with Crippen LogP contribution in [0.5, 0.6) is 0 Å². The fraction of sp³-hybridized carbons (Fsp3) is 0.571. The molecule has 1 aliphatic rings. The summed E-state index contributed by atoms with van der Waals surface area (Å²) in [5.74, 6) is 0.00597. The number of aryl methyl sites for hydroxylation is 1. The summed E-state index contributed by atoms with van der Waals surface area (Å²) in [6, 6.07) is 3.42. The lowest BCUT2D eigenvalue weighted by Crippen LogP contribution is -2.33. The predicted octanol–water partition coefficient (Wildman–Crippen LogP) is 1.32. The minimum absolute atomic E-state index is 0.00597. The number of sulfonamides is 1. The summed E-state index contributed by atoms with van der Waals surface area (Å²) >= 11 is 0. The van der Waals surface area contributed by atoms with Crippen molar-refractivity contribution in [3.05, 3.63) is 23.3 Å². The third kappa shape index (κ3) is 2.97. The fourth-order valence-corrected chi connectivity index (χ4v) is 4.39. The van der Waals surface area contributed by atoms with Gasteiger partial charge in [-0.2, -0.15) is 0 Å². The lowest BCUT2D eigenvalue weighted by molar-refractivity contribution is 0.134. The van der Waals surface area contributed by atoms with Crippen molar-refractivity contribution >= 4 is 15.7 Å². The number of anilines is 1. The third-order valence-electron chi connectivity index (χ3n) is 4.07. The van der Waals surface area contributed by atoms with Crippen molar-refractivity contribution in [2.45, 2.75) is 44.1 Å². The second-order valence-corrected chi connectivity index (χ2v) is 7.24. The van der Waals surface area contributed by atoms with Gasteiger partial charge in [-0.15, -0.1) is 0 Å². The summed E-state index contributed by atoms with van der Waals surface area (Å²) < 4.78 is 27.5. The van der Waals surface area contributed by atoms with E-state index in [0.717, 1.165) is 19.3 Å². The van der Waals surface area contributed by atoms with Crippen molar-refractivity contribution in [3.8, 4) is 0 Å². The van der Waals surface area contributed by atoms with Crippen LogP contribution in [0.2, 0.25) is 0 Å². The van der Waals surface area contributed by atoms with E-state index in [0.29, 0.717) is 16.8 Å². The lowest BCUT2D eigenvalue weighted by Gasteiger charge is -2.17. The summed E-state index contributed by atoms with van der Waals surface area (Å²) in [6.07, 6.45) is 2.16. The van der Waals surface area contributed by atoms with Crippen LogP contribution in [-0.4, -0.2) is 26.2 Å². The Kier molecular flexibility index (Phi) is 4.36. The number of nitrogens with two attached hydrogens (primary N) is 1. The maximum atomic E-state index is 12.4. The monoisotopic (exact) mass is 298 g/mol. The highest BCUT2D eigenvalue weighted by Crippen LogP contribution is 2.27. The Balaban J connectivity index is 2.21. The van der Waals surface area contributed by atoms with Crippen LogP contribution in [0.4, 0.5) is 5.69 Å². The highest BCUT2D eigenvalue weighted by molar-refractivity contribution is 7.89. The van der Waals surface area contributed by atoms with Gasteiger partial charge in [-0.3, -0.25) is 0 Å². The molecule has 1 aromatic carbocycles. The number of benzene rings is 1. The summed E-state index contributed by atoms with van der Waals surface area (Å²) in [5.41, 5.74) is 7.51. The Hall–Kier alpha value is -1.11. The zero-order chi connectivity index (χ0) is 14.9. The average molecular weight is 298 g/mol. The van der Waals surface area contributed by atoms with E-state index in [4.69, 9.17) is 5.73 Å². The number of aliphatic hydroxyl groups is 1. The minimum Gasteiger partial charge on any atom is -0.398 e. The molecule has 6 heteroatoms. The summed E-state index contributed by atoms with van der Waals surface area (Å²) in [5, 5.41) is 9.75. The number of hydrogen-bond acceptors (Lipinski definition) is 4. The van der Waals surface area contributed by atoms with Crippen molar-refractivity contribution in [1.82, 2.24) is 4.72 Å². The van der Waals surface area contributed by atoms with E-state index in [9.17, 15) is 13.5 Å². The van der Waals surface area contributed by atoms with E-state index >= 15 is 0 Å². The van der Waals surface area contributed by atoms with Crippen molar-refractivity contribution in [3.63, 3.8) is 0 Å². The molecule has 0 amide bonds. The topological polar surface area (TPSA) is 92.4 Å². The maximum absolute atomic E-state index is 12.4. The molecule has 5 nitrogen and oxygen atoms in total. The SMILES string of the molecule is Cc1ccc(N)c(C)c1S(=O)(=O)NCC1CCCC1O. The van der Waals surface area contributed by atoms with E-state index in [1.54, 1.807) is 26.0 Å². The molecule has 20 heavy (non-hydrogen) atoms. The minimum atomic E-state index is -3.60. The van der Waals surface area contributed by atoms with E-state index in [-0.39, 0.29) is 17.4 Å². The molecule has 1 aromatic rings. The van der Waals surface area contributed by atoms with E-state index in [2.05, 4.69) is 4.72 Å². The normalized spacial score (nSPS) is 23.1. The number of nitrogen functional groups attached to an aromatic ring is 1. The molecule has 2 rings (SSSR count). The van der Waals surface area contributed by atoms with Crippen LogP contribution in [0.1, 0.15) is 30.4 Å². The number of nitrogens with one attached hydrogen (secondary N) is 1. The summed E-state index contributed by atoms with van der Waals surface area (Å²) in [4.78, 5) is 0.255. The largest absolute Gasteiger partial charge is 0.398 e. The summed E-state index contributed by atoms with van der Waals surface area (Å²) in [6.45, 7) is 3.74. The van der Waals surface area contributed by atoms with Crippen LogP contribution in [0.25, 0.3) is 0 Å². The van der Waals surface area contributed by atoms with Gasteiger partial charge in [0.05, 0.1) is 11.0 Å². The fourth-order valence-electron chi connectivity index (χ4n) is 2.80. The van der Waals surface area contributed by atoms with Gasteiger partial charge in [-0.25, -0.2) is 13.1 Å². The van der Waals surface area contributed by atoms with Gasteiger partial charge in [-0.05, 0) is 49.8 Å². The van der Waals surface area contributed by atoms with Gasteiger partial charge >= 0.3 is 0 Å². The molecular formula is C14H22N2O3S. The Morgan fingerprint density at radius 3 is 2.65 bits per heavy atom. The van der Waals surface area contributed by atoms with Crippen LogP contribution in [0, 0.1) is 19.8 Å². The first-order valence-electron chi connectivity index (χ1n) is 6.86. The van der Waals surface area contributed by atoms with Crippen LogP contribution in [-0.2, 0) is 10.0 Å². The molecule has 0 aromatic heterocycles. The molecule has 2 unspecified atom stereocenters. The molecule has 1 saturated carbocycles. The first kappa shape index (κ1) is 15.3. The van der Waals surface area contributed by atoms with Gasteiger partial charge in [0.1, 0.15) is 0 Å². The molecule has 112 valence electrons. The van der Waals surface area contributed by atoms with Crippen LogP contribution < -0.4 is 10.5 Å². The molecule has 1 fully saturated rings. The van der Waals surface area contributed by atoms with Crippen LogP contribution in [0.3, 0.4) is 0 Å². The maximum Gasteiger partial charge on any atom is 0.241 e. The van der Waals surface area contributed by atoms with Crippen molar-refractivity contribution < 1.29 is 13.5 Å². The zero-order valence-electron chi connectivity index (χ0n) is 11.9. The van der Waals surface area contributed by atoms with E-state index in [1.165, 1.54) is 0 Å². The highest BCUT2D eigenvalue weighted by Gasteiger charge is 2.28. The third-order valence-corrected chi connectivity index (χ3v) is 5.78. The Morgan fingerprint density at radius 1 is 1.35 bits per heavy atom. The highest BCUT2D eigenvalue weighted by atomic mass is 32.2. The van der Waals surface area contributed by atoms with Gasteiger partial charge in [0.25, 0.3) is 0 Å². The number of rotatable bonds is 4. The van der Waals surface area contributed by atoms with Gasteiger partial charge in [0, 0.05) is 12.2 Å². The first-order valence-corrected chi connectivity index (χ1v) is 8.34. The van der Waals surface area contributed by atoms with E-state index < -0.39 is 16.1 Å². The van der Waals surface area contributed by atoms with Crippen molar-refractivity contribution in [1.29, 1.82) is 0 Å². The zero-order valence-corrected chi connectivity index (χ0v) is 12.7. The number of aliphatic hydroxyl groups excluding tert-OH is 1. The van der Waals surface area contributed by atoms with E-state index in [1.807, 2.05) is 0 Å². The standard InChI is InChI=1S/C14H22N2O3S/c1-9-6-7-12(15)10(2)14(9)20(18,19)16-8-11-4-3-5-13(11)17/h6-7,11,13,16-17H,3-5,8,15H2,1-2H3. The molecule has 1 aliphatic carbocycles. The van der Waals surface area contributed by atoms with Crippen LogP contribution >= 0.6 is 0 Å². The van der Waals surface area contributed by atoms with Gasteiger partial charge < -0.3 is 10.8 Å². The Bertz CT molecular complexity index is 599. The Morgan fingerprint density at radius 2 is 2.05 bits per heavy atom. The van der Waals surface area contributed by atoms with Crippen molar-refractivity contribution in [2.75, 3.05) is 12.3 Å². The molecule has 0 saturated heterocycles.